The highest BCUT2D eigenvalue weighted by Crippen LogP contribution is 2.21. The van der Waals surface area contributed by atoms with Gasteiger partial charge in [0.25, 0.3) is 18.3 Å². The average Bonchev–Trinajstić information content (AvgIpc) is 2.51. The molecule has 2 amide bonds. The first-order valence-corrected chi connectivity index (χ1v) is 4.26. The number of fused-ring (bicyclic) bond motifs is 1. The summed E-state index contributed by atoms with van der Waals surface area (Å²) >= 11 is 0. The van der Waals surface area contributed by atoms with Gasteiger partial charge >= 0.3 is 0 Å². The zero-order valence-corrected chi connectivity index (χ0v) is 7.67. The van der Waals surface area contributed by atoms with Crippen LogP contribution in [0, 0.1) is 0 Å². The maximum atomic E-state index is 11.6. The van der Waals surface area contributed by atoms with E-state index in [2.05, 4.69) is 4.74 Å². The van der Waals surface area contributed by atoms with Gasteiger partial charge in [-0.2, -0.15) is 0 Å². The van der Waals surface area contributed by atoms with Gasteiger partial charge in [-0.15, -0.1) is 0 Å². The van der Waals surface area contributed by atoms with E-state index in [9.17, 15) is 14.4 Å². The van der Waals surface area contributed by atoms with Gasteiger partial charge < -0.3 is 4.74 Å². The number of hydrogen-bond donors (Lipinski definition) is 0. The van der Waals surface area contributed by atoms with Gasteiger partial charge in [-0.05, 0) is 12.1 Å². The van der Waals surface area contributed by atoms with Crippen LogP contribution in [0.4, 0.5) is 0 Å². The molecule has 15 heavy (non-hydrogen) atoms. The van der Waals surface area contributed by atoms with E-state index in [0.29, 0.717) is 11.1 Å². The second-order valence-electron chi connectivity index (χ2n) is 2.98. The normalized spacial score (nSPS) is 14.0. The van der Waals surface area contributed by atoms with Crippen LogP contribution in [-0.4, -0.2) is 29.9 Å². The van der Waals surface area contributed by atoms with Crippen molar-refractivity contribution in [1.82, 2.24) is 4.90 Å². The fourth-order valence-electron chi connectivity index (χ4n) is 1.46. The van der Waals surface area contributed by atoms with Crippen LogP contribution in [0.5, 0.6) is 0 Å². The Labute approximate surface area is 85.2 Å². The molecule has 1 aliphatic heterocycles. The van der Waals surface area contributed by atoms with Crippen LogP contribution < -0.4 is 0 Å². The minimum Gasteiger partial charge on any atom is -0.446 e. The fraction of sp³-hybridized carbons (Fsp3) is 0.100. The topological polar surface area (TPSA) is 63.7 Å². The van der Waals surface area contributed by atoms with Crippen LogP contribution in [-0.2, 0) is 9.53 Å². The fourth-order valence-corrected chi connectivity index (χ4v) is 1.46. The largest absolute Gasteiger partial charge is 0.446 e. The second kappa shape index (κ2) is 3.53. The summed E-state index contributed by atoms with van der Waals surface area (Å²) in [6.45, 7) is -0.139. The van der Waals surface area contributed by atoms with E-state index in [1.165, 1.54) is 0 Å². The van der Waals surface area contributed by atoms with Gasteiger partial charge in [0.05, 0.1) is 11.1 Å². The van der Waals surface area contributed by atoms with Crippen LogP contribution in [0.2, 0.25) is 0 Å². The molecule has 5 heteroatoms. The number of ether oxygens (including phenoxy) is 1. The summed E-state index contributed by atoms with van der Waals surface area (Å²) in [4.78, 5) is 34.1. The Morgan fingerprint density at radius 3 is 2.13 bits per heavy atom. The maximum Gasteiger partial charge on any atom is 0.294 e. The average molecular weight is 205 g/mol. The molecule has 5 nitrogen and oxygen atoms in total. The predicted molar refractivity (Wildman–Crippen MR) is 49.0 cm³/mol. The maximum absolute atomic E-state index is 11.6. The van der Waals surface area contributed by atoms with Gasteiger partial charge in [0, 0.05) is 0 Å². The summed E-state index contributed by atoms with van der Waals surface area (Å²) in [5.41, 5.74) is 0.689. The first-order valence-electron chi connectivity index (χ1n) is 4.26. The molecule has 0 aliphatic carbocycles. The standard InChI is InChI=1S/C10H7NO4/c12-6-15-5-11-9(13)7-3-1-2-4-8(7)10(11)14/h1-4,6H,5H2. The van der Waals surface area contributed by atoms with Crippen molar-refractivity contribution >= 4 is 18.3 Å². The number of amides is 2. The Bertz CT molecular complexity index is 406. The lowest BCUT2D eigenvalue weighted by Crippen LogP contribution is -2.31. The molecule has 0 spiro atoms. The van der Waals surface area contributed by atoms with Crippen molar-refractivity contribution in [3.63, 3.8) is 0 Å². The number of rotatable bonds is 3. The van der Waals surface area contributed by atoms with Gasteiger partial charge in [-0.1, -0.05) is 12.1 Å². The molecule has 0 unspecified atom stereocenters. The minimum atomic E-state index is -0.433. The highest BCUT2D eigenvalue weighted by Gasteiger charge is 2.35. The van der Waals surface area contributed by atoms with Gasteiger partial charge in [0.15, 0.2) is 6.73 Å². The molecule has 0 aromatic heterocycles. The summed E-state index contributed by atoms with van der Waals surface area (Å²) in [6.07, 6.45) is 0. The molecule has 0 atom stereocenters. The van der Waals surface area contributed by atoms with Crippen molar-refractivity contribution in [1.29, 1.82) is 0 Å². The van der Waals surface area contributed by atoms with Crippen LogP contribution >= 0.6 is 0 Å². The van der Waals surface area contributed by atoms with E-state index in [0.717, 1.165) is 4.90 Å². The molecular weight excluding hydrogens is 198 g/mol. The zero-order valence-electron chi connectivity index (χ0n) is 7.67. The van der Waals surface area contributed by atoms with Crippen LogP contribution in [0.3, 0.4) is 0 Å². The monoisotopic (exact) mass is 205 g/mol. The van der Waals surface area contributed by atoms with E-state index < -0.39 is 11.8 Å². The molecule has 1 heterocycles. The summed E-state index contributed by atoms with van der Waals surface area (Å²) in [7, 11) is 0. The van der Waals surface area contributed by atoms with Crippen molar-refractivity contribution < 1.29 is 19.1 Å². The third-order valence-corrected chi connectivity index (χ3v) is 2.15. The first kappa shape index (κ1) is 9.39. The number of benzene rings is 1. The summed E-state index contributed by atoms with van der Waals surface area (Å²) in [6, 6.07) is 6.48. The van der Waals surface area contributed by atoms with E-state index in [1.54, 1.807) is 24.3 Å². The van der Waals surface area contributed by atoms with Crippen molar-refractivity contribution in [2.75, 3.05) is 6.73 Å². The molecule has 0 radical (unpaired) electrons. The number of imide groups is 1. The molecule has 0 fully saturated rings. The van der Waals surface area contributed by atoms with Crippen molar-refractivity contribution in [3.8, 4) is 0 Å². The Morgan fingerprint density at radius 2 is 1.67 bits per heavy atom. The van der Waals surface area contributed by atoms with Gasteiger partial charge in [-0.25, -0.2) is 4.90 Å². The molecule has 0 N–H and O–H groups in total. The Morgan fingerprint density at radius 1 is 1.13 bits per heavy atom. The lowest BCUT2D eigenvalue weighted by atomic mass is 10.1. The summed E-state index contributed by atoms with van der Waals surface area (Å²) < 4.78 is 4.39. The highest BCUT2D eigenvalue weighted by molar-refractivity contribution is 6.21. The lowest BCUT2D eigenvalue weighted by Gasteiger charge is -2.10. The van der Waals surface area contributed by atoms with Gasteiger partial charge in [0.2, 0.25) is 0 Å². The van der Waals surface area contributed by atoms with Crippen LogP contribution in [0.25, 0.3) is 0 Å². The second-order valence-corrected chi connectivity index (χ2v) is 2.98. The van der Waals surface area contributed by atoms with E-state index >= 15 is 0 Å². The van der Waals surface area contributed by atoms with E-state index in [4.69, 9.17) is 0 Å². The van der Waals surface area contributed by atoms with Crippen molar-refractivity contribution in [2.45, 2.75) is 0 Å². The Kier molecular flexibility index (Phi) is 2.21. The predicted octanol–water partition coefficient (Wildman–Crippen LogP) is 0.413. The SMILES string of the molecule is O=COCN1C(=O)c2ccccc2C1=O. The van der Waals surface area contributed by atoms with Crippen LogP contribution in [0.1, 0.15) is 20.7 Å². The highest BCUT2D eigenvalue weighted by atomic mass is 16.5. The smallest absolute Gasteiger partial charge is 0.294 e. The number of carbonyl (C=O) groups excluding carboxylic acids is 3. The van der Waals surface area contributed by atoms with Crippen molar-refractivity contribution in [3.05, 3.63) is 35.4 Å². The molecule has 0 saturated heterocycles. The van der Waals surface area contributed by atoms with Crippen LogP contribution in [0.15, 0.2) is 24.3 Å². The van der Waals surface area contributed by atoms with Crippen molar-refractivity contribution in [2.24, 2.45) is 0 Å². The Balaban J connectivity index is 2.32. The van der Waals surface area contributed by atoms with E-state index in [-0.39, 0.29) is 13.2 Å². The molecule has 0 saturated carbocycles. The van der Waals surface area contributed by atoms with Gasteiger partial charge in [0.1, 0.15) is 0 Å². The Hall–Kier alpha value is -2.17. The summed E-state index contributed by atoms with van der Waals surface area (Å²) in [5, 5.41) is 0. The lowest BCUT2D eigenvalue weighted by molar-refractivity contribution is -0.131. The molecule has 1 aromatic carbocycles. The third kappa shape index (κ3) is 1.38. The molecule has 2 rings (SSSR count). The quantitative estimate of drug-likeness (QED) is 0.529. The van der Waals surface area contributed by atoms with Gasteiger partial charge in [-0.3, -0.25) is 14.4 Å². The zero-order chi connectivity index (χ0) is 10.8. The number of carbonyl (C=O) groups is 3. The molecule has 1 aromatic rings. The molecule has 0 bridgehead atoms. The third-order valence-electron chi connectivity index (χ3n) is 2.15. The first-order chi connectivity index (χ1) is 7.25. The number of hydrogen-bond acceptors (Lipinski definition) is 4. The minimum absolute atomic E-state index is 0.198. The number of nitrogens with zero attached hydrogens (tertiary/aromatic N) is 1. The molecular formula is C10H7NO4. The molecule has 1 aliphatic rings. The summed E-state index contributed by atoms with van der Waals surface area (Å²) in [5.74, 6) is -0.866. The molecule has 76 valence electrons. The van der Waals surface area contributed by atoms with E-state index in [1.807, 2.05) is 0 Å².